The summed E-state index contributed by atoms with van der Waals surface area (Å²) in [5.41, 5.74) is 0. The van der Waals surface area contributed by atoms with Gasteiger partial charge < -0.3 is 0 Å². The molecule has 2 heteroatoms. The molecule has 0 heterocycles. The molecule has 5 heavy (non-hydrogen) atoms. The van der Waals surface area contributed by atoms with Gasteiger partial charge in [0.05, 0.1) is 0 Å². The minimum atomic E-state index is -0.677. The van der Waals surface area contributed by atoms with Crippen molar-refractivity contribution in [3.63, 3.8) is 0 Å². The van der Waals surface area contributed by atoms with Crippen LogP contribution in [-0.4, -0.2) is 8.11 Å². The second kappa shape index (κ2) is 2.73. The summed E-state index contributed by atoms with van der Waals surface area (Å²) >= 11 is 5.60. The Labute approximate surface area is 39.5 Å². The molecule has 0 saturated carbocycles. The Morgan fingerprint density at radius 3 is 2.00 bits per heavy atom. The molecule has 0 aromatic carbocycles. The van der Waals surface area contributed by atoms with E-state index in [9.17, 15) is 0 Å². The van der Waals surface area contributed by atoms with Crippen LogP contribution in [0.25, 0.3) is 0 Å². The van der Waals surface area contributed by atoms with Gasteiger partial charge in [-0.2, -0.15) is 11.1 Å². The minimum Gasteiger partial charge on any atom is -0.172 e. The standard InChI is InChI=1S/C3H9ClSi/c1-3-5(2)4/h5H,3H2,1-2H3. The second-order valence-corrected chi connectivity index (χ2v) is 5.80. The zero-order valence-corrected chi connectivity index (χ0v) is 5.57. The van der Waals surface area contributed by atoms with Crippen molar-refractivity contribution in [1.82, 2.24) is 0 Å². The largest absolute Gasteiger partial charge is 0.172 e. The molecule has 0 nitrogen and oxygen atoms in total. The highest BCUT2D eigenvalue weighted by Gasteiger charge is 1.87. The first-order valence-electron chi connectivity index (χ1n) is 1.91. The molecule has 1 atom stereocenters. The van der Waals surface area contributed by atoms with Crippen LogP contribution < -0.4 is 0 Å². The van der Waals surface area contributed by atoms with Gasteiger partial charge in [-0.3, -0.25) is 0 Å². The van der Waals surface area contributed by atoms with Crippen molar-refractivity contribution in [3.05, 3.63) is 0 Å². The number of halogens is 1. The Hall–Kier alpha value is 0.507. The molecule has 0 aliphatic heterocycles. The summed E-state index contributed by atoms with van der Waals surface area (Å²) in [6.07, 6.45) is 0. The molecule has 0 saturated heterocycles. The minimum absolute atomic E-state index is 0.677. The lowest BCUT2D eigenvalue weighted by Gasteiger charge is -1.84. The van der Waals surface area contributed by atoms with Crippen molar-refractivity contribution in [1.29, 1.82) is 0 Å². The maximum atomic E-state index is 5.60. The van der Waals surface area contributed by atoms with Crippen molar-refractivity contribution in [3.8, 4) is 0 Å². The molecule has 32 valence electrons. The van der Waals surface area contributed by atoms with Gasteiger partial charge in [-0.15, -0.1) is 0 Å². The van der Waals surface area contributed by atoms with Gasteiger partial charge in [0.1, 0.15) is 8.11 Å². The summed E-state index contributed by atoms with van der Waals surface area (Å²) in [6.45, 7) is 4.26. The van der Waals surface area contributed by atoms with Crippen LogP contribution in [0.2, 0.25) is 12.6 Å². The molecule has 0 aromatic heterocycles. The molecule has 0 bridgehead atoms. The number of rotatable bonds is 1. The van der Waals surface area contributed by atoms with Crippen molar-refractivity contribution in [2.45, 2.75) is 19.5 Å². The lowest BCUT2D eigenvalue weighted by Crippen LogP contribution is -1.87. The third-order valence-corrected chi connectivity index (χ3v) is 2.61. The average molecular weight is 109 g/mol. The van der Waals surface area contributed by atoms with E-state index in [1.54, 1.807) is 0 Å². The Kier molecular flexibility index (Phi) is 3.01. The monoisotopic (exact) mass is 108 g/mol. The molecule has 0 radical (unpaired) electrons. The first-order valence-corrected chi connectivity index (χ1v) is 5.63. The smallest absolute Gasteiger partial charge is 0.137 e. The predicted octanol–water partition coefficient (Wildman–Crippen LogP) is 1.60. The summed E-state index contributed by atoms with van der Waals surface area (Å²) in [5.74, 6) is 0. The highest BCUT2D eigenvalue weighted by Crippen LogP contribution is 1.91. The molecule has 1 unspecified atom stereocenters. The fraction of sp³-hybridized carbons (Fsp3) is 1.00. The highest BCUT2D eigenvalue weighted by atomic mass is 35.6. The van der Waals surface area contributed by atoms with Gasteiger partial charge in [-0.05, 0) is 6.04 Å². The molecular weight excluding hydrogens is 99.6 g/mol. The summed E-state index contributed by atoms with van der Waals surface area (Å²) in [4.78, 5) is 0. The summed E-state index contributed by atoms with van der Waals surface area (Å²) in [5, 5.41) is 0. The molecule has 0 N–H and O–H groups in total. The van der Waals surface area contributed by atoms with E-state index in [2.05, 4.69) is 13.5 Å². The van der Waals surface area contributed by atoms with Crippen LogP contribution in [0.1, 0.15) is 6.92 Å². The van der Waals surface area contributed by atoms with Gasteiger partial charge in [0, 0.05) is 0 Å². The lowest BCUT2D eigenvalue weighted by molar-refractivity contribution is 1.44. The average Bonchev–Trinajstić information content (AvgIpc) is 1.38. The molecular formula is C3H9ClSi. The van der Waals surface area contributed by atoms with E-state index in [0.29, 0.717) is 0 Å². The van der Waals surface area contributed by atoms with E-state index in [4.69, 9.17) is 11.1 Å². The van der Waals surface area contributed by atoms with Crippen LogP contribution in [0.4, 0.5) is 0 Å². The van der Waals surface area contributed by atoms with E-state index in [1.165, 1.54) is 6.04 Å². The predicted molar refractivity (Wildman–Crippen MR) is 29.3 cm³/mol. The Morgan fingerprint density at radius 1 is 1.80 bits per heavy atom. The van der Waals surface area contributed by atoms with Gasteiger partial charge in [0.2, 0.25) is 0 Å². The molecule has 0 amide bonds. The fourth-order valence-corrected chi connectivity index (χ4v) is 0. The van der Waals surface area contributed by atoms with Gasteiger partial charge in [-0.25, -0.2) is 0 Å². The van der Waals surface area contributed by atoms with E-state index >= 15 is 0 Å². The molecule has 0 fully saturated rings. The maximum absolute atomic E-state index is 5.60. The Bertz CT molecular complexity index is 20.9. The maximum Gasteiger partial charge on any atom is 0.137 e. The van der Waals surface area contributed by atoms with Gasteiger partial charge in [0.15, 0.2) is 0 Å². The van der Waals surface area contributed by atoms with Crippen LogP contribution in [0.5, 0.6) is 0 Å². The summed E-state index contributed by atoms with van der Waals surface area (Å²) < 4.78 is 0. The Balaban J connectivity index is 2.54. The van der Waals surface area contributed by atoms with Crippen LogP contribution in [-0.2, 0) is 0 Å². The molecule has 0 aromatic rings. The SMILES string of the molecule is CC[SiH](C)Cl. The number of hydrogen-bond donors (Lipinski definition) is 0. The lowest BCUT2D eigenvalue weighted by atomic mass is 11.0. The van der Waals surface area contributed by atoms with Crippen molar-refractivity contribution in [2.75, 3.05) is 0 Å². The normalized spacial score (nSPS) is 15.0. The molecule has 0 spiro atoms. The van der Waals surface area contributed by atoms with Crippen LogP contribution in [0.3, 0.4) is 0 Å². The first-order chi connectivity index (χ1) is 2.27. The third kappa shape index (κ3) is 4.51. The zero-order valence-electron chi connectivity index (χ0n) is 3.66. The van der Waals surface area contributed by atoms with Gasteiger partial charge >= 0.3 is 0 Å². The van der Waals surface area contributed by atoms with Crippen LogP contribution in [0.15, 0.2) is 0 Å². The quantitative estimate of drug-likeness (QED) is 0.354. The van der Waals surface area contributed by atoms with E-state index < -0.39 is 8.11 Å². The van der Waals surface area contributed by atoms with Gasteiger partial charge in [0.25, 0.3) is 0 Å². The number of hydrogen-bond acceptors (Lipinski definition) is 0. The van der Waals surface area contributed by atoms with Crippen molar-refractivity contribution >= 4 is 19.2 Å². The van der Waals surface area contributed by atoms with E-state index in [0.717, 1.165) is 0 Å². The van der Waals surface area contributed by atoms with Crippen molar-refractivity contribution < 1.29 is 0 Å². The fourth-order valence-electron chi connectivity index (χ4n) is 0. The highest BCUT2D eigenvalue weighted by molar-refractivity contribution is 7.06. The van der Waals surface area contributed by atoms with E-state index in [1.807, 2.05) is 0 Å². The second-order valence-electron chi connectivity index (χ2n) is 1.19. The van der Waals surface area contributed by atoms with E-state index in [-0.39, 0.29) is 0 Å². The first kappa shape index (κ1) is 5.51. The van der Waals surface area contributed by atoms with Gasteiger partial charge in [-0.1, -0.05) is 13.5 Å². The molecule has 0 aliphatic carbocycles. The zero-order chi connectivity index (χ0) is 4.28. The molecule has 0 rings (SSSR count). The van der Waals surface area contributed by atoms with Crippen molar-refractivity contribution in [2.24, 2.45) is 0 Å². The molecule has 0 aliphatic rings. The summed E-state index contributed by atoms with van der Waals surface area (Å²) in [7, 11) is -0.677. The third-order valence-electron chi connectivity index (χ3n) is 0.563. The topological polar surface area (TPSA) is 0 Å². The summed E-state index contributed by atoms with van der Waals surface area (Å²) in [6, 6.07) is 1.21. The Morgan fingerprint density at radius 2 is 2.00 bits per heavy atom. The van der Waals surface area contributed by atoms with Crippen LogP contribution in [0, 0.1) is 0 Å². The van der Waals surface area contributed by atoms with Crippen LogP contribution >= 0.6 is 11.1 Å².